The fourth-order valence-corrected chi connectivity index (χ4v) is 2.13. The molecule has 5 heteroatoms. The zero-order valence-electron chi connectivity index (χ0n) is 9.53. The van der Waals surface area contributed by atoms with Gasteiger partial charge < -0.3 is 0 Å². The van der Waals surface area contributed by atoms with E-state index in [4.69, 9.17) is 23.2 Å². The van der Waals surface area contributed by atoms with Gasteiger partial charge in [-0.25, -0.2) is 0 Å². The highest BCUT2D eigenvalue weighted by molar-refractivity contribution is 6.32. The standard InChI is InChI=1S/C12H13Cl2N3/c1-2-5-11-15-16-12(8-13)17(11)10-7-4-3-6-9(10)14/h3-4,6-7H,2,5,8H2,1H3. The first kappa shape index (κ1) is 12.4. The molecule has 0 unspecified atom stereocenters. The lowest BCUT2D eigenvalue weighted by molar-refractivity contribution is 0.796. The number of hydrogen-bond acceptors (Lipinski definition) is 2. The van der Waals surface area contributed by atoms with E-state index in [-0.39, 0.29) is 0 Å². The number of aromatic nitrogens is 3. The van der Waals surface area contributed by atoms with Crippen LogP contribution in [0.25, 0.3) is 5.69 Å². The molecular weight excluding hydrogens is 257 g/mol. The summed E-state index contributed by atoms with van der Waals surface area (Å²) in [6, 6.07) is 7.64. The van der Waals surface area contributed by atoms with Crippen LogP contribution < -0.4 is 0 Å². The van der Waals surface area contributed by atoms with Crippen LogP contribution in [0.2, 0.25) is 5.02 Å². The number of para-hydroxylation sites is 1. The topological polar surface area (TPSA) is 30.7 Å². The molecule has 0 atom stereocenters. The lowest BCUT2D eigenvalue weighted by Gasteiger charge is -2.10. The molecule has 0 bridgehead atoms. The quantitative estimate of drug-likeness (QED) is 0.794. The Hall–Kier alpha value is -1.06. The Labute approximate surface area is 110 Å². The third kappa shape index (κ3) is 2.45. The van der Waals surface area contributed by atoms with Crippen LogP contribution in [0.15, 0.2) is 24.3 Å². The second kappa shape index (κ2) is 5.52. The molecule has 0 amide bonds. The van der Waals surface area contributed by atoms with Crippen molar-refractivity contribution in [3.8, 4) is 5.69 Å². The molecule has 0 aliphatic carbocycles. The van der Waals surface area contributed by atoms with Crippen LogP contribution in [-0.4, -0.2) is 14.8 Å². The normalized spacial score (nSPS) is 10.8. The molecule has 3 nitrogen and oxygen atoms in total. The minimum Gasteiger partial charge on any atom is -0.280 e. The van der Waals surface area contributed by atoms with Gasteiger partial charge in [0, 0.05) is 6.42 Å². The van der Waals surface area contributed by atoms with E-state index in [9.17, 15) is 0 Å². The van der Waals surface area contributed by atoms with E-state index in [1.165, 1.54) is 0 Å². The summed E-state index contributed by atoms with van der Waals surface area (Å²) in [4.78, 5) is 0. The molecule has 0 saturated carbocycles. The number of hydrogen-bond donors (Lipinski definition) is 0. The highest BCUT2D eigenvalue weighted by Crippen LogP contribution is 2.23. The molecule has 2 rings (SSSR count). The Kier molecular flexibility index (Phi) is 4.02. The molecular formula is C12H13Cl2N3. The molecule has 0 aliphatic heterocycles. The summed E-state index contributed by atoms with van der Waals surface area (Å²) in [6.45, 7) is 2.10. The number of nitrogens with zero attached hydrogens (tertiary/aromatic N) is 3. The van der Waals surface area contributed by atoms with Gasteiger partial charge in [-0.15, -0.1) is 21.8 Å². The summed E-state index contributed by atoms with van der Waals surface area (Å²) in [7, 11) is 0. The summed E-state index contributed by atoms with van der Waals surface area (Å²) in [5.74, 6) is 1.95. The van der Waals surface area contributed by atoms with Gasteiger partial charge in [-0.3, -0.25) is 4.57 Å². The van der Waals surface area contributed by atoms with Gasteiger partial charge in [-0.1, -0.05) is 30.7 Å². The van der Waals surface area contributed by atoms with Crippen LogP contribution in [0, 0.1) is 0 Å². The summed E-state index contributed by atoms with van der Waals surface area (Å²) in [5, 5.41) is 8.93. The number of aryl methyl sites for hydroxylation is 1. The Morgan fingerprint density at radius 3 is 2.53 bits per heavy atom. The smallest absolute Gasteiger partial charge is 0.152 e. The van der Waals surface area contributed by atoms with Gasteiger partial charge >= 0.3 is 0 Å². The van der Waals surface area contributed by atoms with Crippen molar-refractivity contribution in [3.63, 3.8) is 0 Å². The van der Waals surface area contributed by atoms with Gasteiger partial charge in [0.05, 0.1) is 16.6 Å². The zero-order valence-corrected chi connectivity index (χ0v) is 11.0. The second-order valence-corrected chi connectivity index (χ2v) is 4.38. The van der Waals surface area contributed by atoms with E-state index in [2.05, 4.69) is 17.1 Å². The molecule has 0 aliphatic rings. The van der Waals surface area contributed by atoms with Gasteiger partial charge in [-0.05, 0) is 18.6 Å². The van der Waals surface area contributed by atoms with Crippen LogP contribution in [-0.2, 0) is 12.3 Å². The molecule has 0 N–H and O–H groups in total. The molecule has 0 radical (unpaired) electrons. The van der Waals surface area contributed by atoms with Crippen molar-refractivity contribution in [3.05, 3.63) is 40.9 Å². The predicted octanol–water partition coefficient (Wildman–Crippen LogP) is 3.61. The summed E-state index contributed by atoms with van der Waals surface area (Å²) >= 11 is 12.1. The Bertz CT molecular complexity index is 508. The van der Waals surface area contributed by atoms with E-state index in [1.807, 2.05) is 28.8 Å². The SMILES string of the molecule is CCCc1nnc(CCl)n1-c1ccccc1Cl. The van der Waals surface area contributed by atoms with Gasteiger partial charge in [0.2, 0.25) is 0 Å². The van der Waals surface area contributed by atoms with Gasteiger partial charge in [0.1, 0.15) is 5.82 Å². The summed E-state index contributed by atoms with van der Waals surface area (Å²) in [6.07, 6.45) is 1.86. The maximum Gasteiger partial charge on any atom is 0.152 e. The summed E-state index contributed by atoms with van der Waals surface area (Å²) in [5.41, 5.74) is 0.887. The lowest BCUT2D eigenvalue weighted by atomic mass is 10.2. The van der Waals surface area contributed by atoms with Crippen molar-refractivity contribution in [1.82, 2.24) is 14.8 Å². The highest BCUT2D eigenvalue weighted by Gasteiger charge is 2.14. The van der Waals surface area contributed by atoms with E-state index in [0.29, 0.717) is 10.9 Å². The first-order valence-corrected chi connectivity index (χ1v) is 6.43. The first-order valence-electron chi connectivity index (χ1n) is 5.52. The van der Waals surface area contributed by atoms with Crippen molar-refractivity contribution in [2.75, 3.05) is 0 Å². The molecule has 17 heavy (non-hydrogen) atoms. The largest absolute Gasteiger partial charge is 0.280 e. The van der Waals surface area contributed by atoms with E-state index < -0.39 is 0 Å². The van der Waals surface area contributed by atoms with E-state index in [0.717, 1.165) is 30.2 Å². The summed E-state index contributed by atoms with van der Waals surface area (Å²) < 4.78 is 1.94. The minimum atomic E-state index is 0.321. The minimum absolute atomic E-state index is 0.321. The van der Waals surface area contributed by atoms with Crippen molar-refractivity contribution in [2.24, 2.45) is 0 Å². The van der Waals surface area contributed by atoms with Crippen molar-refractivity contribution >= 4 is 23.2 Å². The van der Waals surface area contributed by atoms with Crippen LogP contribution in [0.5, 0.6) is 0 Å². The van der Waals surface area contributed by atoms with Crippen LogP contribution >= 0.6 is 23.2 Å². The molecule has 1 aromatic heterocycles. The fraction of sp³-hybridized carbons (Fsp3) is 0.333. The number of rotatable bonds is 4. The Balaban J connectivity index is 2.56. The third-order valence-corrected chi connectivity index (χ3v) is 3.04. The number of alkyl halides is 1. The Morgan fingerprint density at radius 2 is 1.88 bits per heavy atom. The second-order valence-electron chi connectivity index (χ2n) is 3.70. The number of halogens is 2. The average molecular weight is 270 g/mol. The predicted molar refractivity (Wildman–Crippen MR) is 69.9 cm³/mol. The average Bonchev–Trinajstić information content (AvgIpc) is 2.73. The molecule has 90 valence electrons. The molecule has 2 aromatic rings. The maximum absolute atomic E-state index is 6.20. The van der Waals surface area contributed by atoms with Crippen molar-refractivity contribution in [1.29, 1.82) is 0 Å². The molecule has 0 spiro atoms. The lowest BCUT2D eigenvalue weighted by Crippen LogP contribution is -2.05. The highest BCUT2D eigenvalue weighted by atomic mass is 35.5. The molecule has 0 fully saturated rings. The molecule has 1 heterocycles. The van der Waals surface area contributed by atoms with E-state index in [1.54, 1.807) is 0 Å². The maximum atomic E-state index is 6.20. The zero-order chi connectivity index (χ0) is 12.3. The first-order chi connectivity index (χ1) is 8.27. The third-order valence-electron chi connectivity index (χ3n) is 2.48. The van der Waals surface area contributed by atoms with Gasteiger partial charge in [-0.2, -0.15) is 0 Å². The van der Waals surface area contributed by atoms with Crippen molar-refractivity contribution < 1.29 is 0 Å². The van der Waals surface area contributed by atoms with Crippen LogP contribution in [0.3, 0.4) is 0 Å². The number of benzene rings is 1. The fourth-order valence-electron chi connectivity index (χ4n) is 1.74. The van der Waals surface area contributed by atoms with Crippen LogP contribution in [0.4, 0.5) is 0 Å². The molecule has 0 saturated heterocycles. The monoisotopic (exact) mass is 269 g/mol. The Morgan fingerprint density at radius 1 is 1.18 bits per heavy atom. The van der Waals surface area contributed by atoms with Gasteiger partial charge in [0.15, 0.2) is 5.82 Å². The van der Waals surface area contributed by atoms with Crippen molar-refractivity contribution in [2.45, 2.75) is 25.6 Å². The van der Waals surface area contributed by atoms with Crippen LogP contribution in [0.1, 0.15) is 25.0 Å². The van der Waals surface area contributed by atoms with Gasteiger partial charge in [0.25, 0.3) is 0 Å². The van der Waals surface area contributed by atoms with E-state index >= 15 is 0 Å². The molecule has 1 aromatic carbocycles.